The molecule has 1 atom stereocenters. The van der Waals surface area contributed by atoms with E-state index in [-0.39, 0.29) is 0 Å². The van der Waals surface area contributed by atoms with Crippen LogP contribution in [-0.4, -0.2) is 85.3 Å². The van der Waals surface area contributed by atoms with Crippen molar-refractivity contribution in [1.29, 1.82) is 0 Å². The van der Waals surface area contributed by atoms with Crippen LogP contribution < -0.4 is 10.1 Å². The number of piperazine rings is 1. The van der Waals surface area contributed by atoms with E-state index in [0.717, 1.165) is 76.3 Å². The number of aromatic nitrogens is 1. The fourth-order valence-corrected chi connectivity index (χ4v) is 4.58. The zero-order valence-electron chi connectivity index (χ0n) is 19.4. The smallest absolute Gasteiger partial charge is 0.194 e. The zero-order valence-corrected chi connectivity index (χ0v) is 19.4. The summed E-state index contributed by atoms with van der Waals surface area (Å²) in [5, 5.41) is 7.56. The summed E-state index contributed by atoms with van der Waals surface area (Å²) in [6.07, 6.45) is 4.18. The Kier molecular flexibility index (Phi) is 8.01. The number of methoxy groups -OCH3 is 1. The van der Waals surface area contributed by atoms with E-state index in [9.17, 15) is 0 Å². The largest absolute Gasteiger partial charge is 0.497 e. The van der Waals surface area contributed by atoms with Crippen LogP contribution in [0.2, 0.25) is 0 Å². The molecule has 1 aromatic carbocycles. The normalized spacial score (nSPS) is 19.3. The Morgan fingerprint density at radius 1 is 1.09 bits per heavy atom. The third-order valence-electron chi connectivity index (χ3n) is 6.38. The SMILES string of the molecule is CCNC(=NCC(c1ccc(OC)cc1)N1CCCC1)N1CCN(Cc2ccon2)CC1. The molecule has 1 N–H and O–H groups in total. The molecule has 2 fully saturated rings. The molecule has 3 heterocycles. The molecular formula is C24H36N6O2. The molecule has 1 unspecified atom stereocenters. The lowest BCUT2D eigenvalue weighted by molar-refractivity contribution is 0.168. The van der Waals surface area contributed by atoms with E-state index in [4.69, 9.17) is 14.3 Å². The van der Waals surface area contributed by atoms with Crippen LogP contribution in [0, 0.1) is 0 Å². The third kappa shape index (κ3) is 5.81. The Bertz CT molecular complexity index is 825. The number of benzene rings is 1. The number of nitrogens with one attached hydrogen (secondary N) is 1. The highest BCUT2D eigenvalue weighted by atomic mass is 16.5. The second-order valence-electron chi connectivity index (χ2n) is 8.48. The van der Waals surface area contributed by atoms with Gasteiger partial charge in [0.25, 0.3) is 0 Å². The average Bonchev–Trinajstić information content (AvgIpc) is 3.54. The zero-order chi connectivity index (χ0) is 22.2. The highest BCUT2D eigenvalue weighted by molar-refractivity contribution is 5.80. The number of likely N-dealkylation sites (tertiary alicyclic amines) is 1. The minimum atomic E-state index is 0.297. The molecule has 0 saturated carbocycles. The fourth-order valence-electron chi connectivity index (χ4n) is 4.58. The first-order chi connectivity index (χ1) is 15.8. The second kappa shape index (κ2) is 11.3. The number of hydrogen-bond donors (Lipinski definition) is 1. The Labute approximate surface area is 191 Å². The Balaban J connectivity index is 1.41. The molecule has 2 saturated heterocycles. The van der Waals surface area contributed by atoms with Gasteiger partial charge in [0, 0.05) is 45.3 Å². The summed E-state index contributed by atoms with van der Waals surface area (Å²) in [6.45, 7) is 10.8. The quantitative estimate of drug-likeness (QED) is 0.500. The number of hydrogen-bond acceptors (Lipinski definition) is 6. The van der Waals surface area contributed by atoms with E-state index in [1.54, 1.807) is 13.4 Å². The first-order valence-electron chi connectivity index (χ1n) is 11.8. The maximum absolute atomic E-state index is 5.35. The van der Waals surface area contributed by atoms with Gasteiger partial charge >= 0.3 is 0 Å². The summed E-state index contributed by atoms with van der Waals surface area (Å²) in [5.74, 6) is 1.92. The van der Waals surface area contributed by atoms with E-state index < -0.39 is 0 Å². The average molecular weight is 441 g/mol. The third-order valence-corrected chi connectivity index (χ3v) is 6.38. The predicted octanol–water partition coefficient (Wildman–Crippen LogP) is 2.60. The van der Waals surface area contributed by atoms with Crippen LogP contribution in [0.15, 0.2) is 46.1 Å². The molecule has 32 heavy (non-hydrogen) atoms. The van der Waals surface area contributed by atoms with Crippen LogP contribution >= 0.6 is 0 Å². The van der Waals surface area contributed by atoms with Crippen molar-refractivity contribution < 1.29 is 9.26 Å². The van der Waals surface area contributed by atoms with Gasteiger partial charge in [-0.25, -0.2) is 0 Å². The molecule has 0 bridgehead atoms. The van der Waals surface area contributed by atoms with Gasteiger partial charge in [0.1, 0.15) is 12.0 Å². The molecule has 2 aromatic rings. The minimum absolute atomic E-state index is 0.297. The van der Waals surface area contributed by atoms with Crippen molar-refractivity contribution in [3.63, 3.8) is 0 Å². The molecular weight excluding hydrogens is 404 g/mol. The van der Waals surface area contributed by atoms with Crippen LogP contribution in [0.25, 0.3) is 0 Å². The molecule has 174 valence electrons. The number of nitrogens with zero attached hydrogens (tertiary/aromatic N) is 5. The van der Waals surface area contributed by atoms with Crippen LogP contribution in [0.5, 0.6) is 5.75 Å². The van der Waals surface area contributed by atoms with Crippen molar-refractivity contribution in [2.75, 3.05) is 59.5 Å². The Hall–Kier alpha value is -2.58. The standard InChI is InChI=1S/C24H36N6O2/c1-3-25-24(30-15-13-28(14-16-30)19-21-10-17-32-27-21)26-18-23(29-11-4-5-12-29)20-6-8-22(31-2)9-7-20/h6-10,17,23H,3-5,11-16,18-19H2,1-2H3,(H,25,26). The summed E-state index contributed by atoms with van der Waals surface area (Å²) < 4.78 is 10.3. The van der Waals surface area contributed by atoms with E-state index in [1.807, 2.05) is 6.07 Å². The van der Waals surface area contributed by atoms with Gasteiger partial charge < -0.3 is 19.5 Å². The van der Waals surface area contributed by atoms with Gasteiger partial charge in [-0.1, -0.05) is 17.3 Å². The summed E-state index contributed by atoms with van der Waals surface area (Å²) in [6, 6.07) is 10.7. The van der Waals surface area contributed by atoms with E-state index in [1.165, 1.54) is 18.4 Å². The predicted molar refractivity (Wildman–Crippen MR) is 126 cm³/mol. The van der Waals surface area contributed by atoms with Crippen LogP contribution in [0.1, 0.15) is 37.1 Å². The van der Waals surface area contributed by atoms with Gasteiger partial charge in [-0.15, -0.1) is 0 Å². The second-order valence-corrected chi connectivity index (χ2v) is 8.48. The van der Waals surface area contributed by atoms with Crippen molar-refractivity contribution in [2.24, 2.45) is 4.99 Å². The number of ether oxygens (including phenoxy) is 1. The summed E-state index contributed by atoms with van der Waals surface area (Å²) in [7, 11) is 1.71. The molecule has 2 aliphatic rings. The molecule has 2 aliphatic heterocycles. The first-order valence-corrected chi connectivity index (χ1v) is 11.8. The van der Waals surface area contributed by atoms with E-state index in [2.05, 4.69) is 56.4 Å². The van der Waals surface area contributed by atoms with Crippen molar-refractivity contribution in [3.8, 4) is 5.75 Å². The van der Waals surface area contributed by atoms with Crippen molar-refractivity contribution in [1.82, 2.24) is 25.2 Å². The van der Waals surface area contributed by atoms with Crippen LogP contribution in [-0.2, 0) is 6.54 Å². The first kappa shape index (κ1) is 22.6. The maximum atomic E-state index is 5.35. The molecule has 8 heteroatoms. The highest BCUT2D eigenvalue weighted by Crippen LogP contribution is 2.27. The number of aliphatic imine (C=N–C) groups is 1. The van der Waals surface area contributed by atoms with Gasteiger partial charge in [-0.2, -0.15) is 0 Å². The van der Waals surface area contributed by atoms with Crippen LogP contribution in [0.4, 0.5) is 0 Å². The molecule has 0 spiro atoms. The summed E-state index contributed by atoms with van der Waals surface area (Å²) in [4.78, 5) is 12.5. The summed E-state index contributed by atoms with van der Waals surface area (Å²) >= 11 is 0. The van der Waals surface area contributed by atoms with Crippen LogP contribution in [0.3, 0.4) is 0 Å². The van der Waals surface area contributed by atoms with E-state index >= 15 is 0 Å². The molecule has 1 aromatic heterocycles. The van der Waals surface area contributed by atoms with Gasteiger partial charge in [-0.3, -0.25) is 14.8 Å². The lowest BCUT2D eigenvalue weighted by atomic mass is 10.1. The highest BCUT2D eigenvalue weighted by Gasteiger charge is 2.25. The van der Waals surface area contributed by atoms with Gasteiger partial charge in [0.05, 0.1) is 25.4 Å². The van der Waals surface area contributed by atoms with Gasteiger partial charge in [0.2, 0.25) is 0 Å². The Morgan fingerprint density at radius 3 is 2.47 bits per heavy atom. The van der Waals surface area contributed by atoms with Crippen molar-refractivity contribution in [2.45, 2.75) is 32.4 Å². The number of guanidine groups is 1. The lowest BCUT2D eigenvalue weighted by Gasteiger charge is -2.36. The summed E-state index contributed by atoms with van der Waals surface area (Å²) in [5.41, 5.74) is 2.30. The van der Waals surface area contributed by atoms with Gasteiger partial charge in [0.15, 0.2) is 5.96 Å². The molecule has 4 rings (SSSR count). The maximum Gasteiger partial charge on any atom is 0.194 e. The fraction of sp³-hybridized carbons (Fsp3) is 0.583. The molecule has 0 radical (unpaired) electrons. The molecule has 8 nitrogen and oxygen atoms in total. The Morgan fingerprint density at radius 2 is 1.84 bits per heavy atom. The number of rotatable bonds is 8. The van der Waals surface area contributed by atoms with Gasteiger partial charge in [-0.05, 0) is 50.6 Å². The topological polar surface area (TPSA) is 69.4 Å². The monoisotopic (exact) mass is 440 g/mol. The van der Waals surface area contributed by atoms with Crippen molar-refractivity contribution >= 4 is 5.96 Å². The van der Waals surface area contributed by atoms with Crippen molar-refractivity contribution in [3.05, 3.63) is 47.9 Å². The minimum Gasteiger partial charge on any atom is -0.497 e. The molecule has 0 aliphatic carbocycles. The van der Waals surface area contributed by atoms with E-state index in [0.29, 0.717) is 6.04 Å². The lowest BCUT2D eigenvalue weighted by Crippen LogP contribution is -2.52. The molecule has 0 amide bonds.